The van der Waals surface area contributed by atoms with Crippen LogP contribution in [-0.4, -0.2) is 32.6 Å². The van der Waals surface area contributed by atoms with Gasteiger partial charge < -0.3 is 9.84 Å². The Morgan fingerprint density at radius 1 is 1.50 bits per heavy atom. The summed E-state index contributed by atoms with van der Waals surface area (Å²) < 4.78 is 5.08. The van der Waals surface area contributed by atoms with Gasteiger partial charge in [-0.25, -0.2) is 9.78 Å². The van der Waals surface area contributed by atoms with E-state index < -0.39 is 12.6 Å². The van der Waals surface area contributed by atoms with Crippen LogP contribution in [-0.2, 0) is 4.79 Å². The van der Waals surface area contributed by atoms with Gasteiger partial charge in [-0.1, -0.05) is 0 Å². The summed E-state index contributed by atoms with van der Waals surface area (Å²) in [6, 6.07) is 1.69. The van der Waals surface area contributed by atoms with Crippen molar-refractivity contribution >= 4 is 16.9 Å². The summed E-state index contributed by atoms with van der Waals surface area (Å²) in [7, 11) is 0. The van der Waals surface area contributed by atoms with Gasteiger partial charge in [0.15, 0.2) is 6.61 Å². The number of carbonyl (C=O) groups is 1. The smallest absolute Gasteiger partial charge is 0.341 e. The van der Waals surface area contributed by atoms with Crippen molar-refractivity contribution in [1.82, 2.24) is 15.0 Å². The fourth-order valence-corrected chi connectivity index (χ4v) is 1.30. The molecule has 0 saturated heterocycles. The van der Waals surface area contributed by atoms with E-state index in [0.717, 1.165) is 0 Å². The molecule has 2 heterocycles. The molecule has 0 aliphatic rings. The molecule has 6 heteroatoms. The van der Waals surface area contributed by atoms with Gasteiger partial charge in [0.1, 0.15) is 5.82 Å². The molecule has 16 heavy (non-hydrogen) atoms. The van der Waals surface area contributed by atoms with Crippen LogP contribution in [0.25, 0.3) is 10.9 Å². The van der Waals surface area contributed by atoms with E-state index in [4.69, 9.17) is 9.84 Å². The summed E-state index contributed by atoms with van der Waals surface area (Å²) >= 11 is 0. The van der Waals surface area contributed by atoms with Crippen LogP contribution in [0.3, 0.4) is 0 Å². The molecule has 2 rings (SSSR count). The summed E-state index contributed by atoms with van der Waals surface area (Å²) in [6.45, 7) is 1.29. The Kier molecular flexibility index (Phi) is 2.63. The van der Waals surface area contributed by atoms with Gasteiger partial charge in [0.05, 0.1) is 17.1 Å². The topological polar surface area (TPSA) is 85.2 Å². The van der Waals surface area contributed by atoms with Crippen LogP contribution in [0.4, 0.5) is 0 Å². The zero-order valence-electron chi connectivity index (χ0n) is 8.54. The van der Waals surface area contributed by atoms with E-state index in [2.05, 4.69) is 15.0 Å². The Labute approximate surface area is 90.9 Å². The first kappa shape index (κ1) is 10.3. The fraction of sp³-hybridized carbons (Fsp3) is 0.200. The number of aryl methyl sites for hydroxylation is 1. The number of fused-ring (bicyclic) bond motifs is 1. The van der Waals surface area contributed by atoms with Crippen molar-refractivity contribution in [1.29, 1.82) is 0 Å². The SMILES string of the molecule is Cc1nc(OCC(=O)O)c2ccncc2n1. The second-order valence-corrected chi connectivity index (χ2v) is 3.15. The summed E-state index contributed by atoms with van der Waals surface area (Å²) in [5.41, 5.74) is 0.635. The Hall–Kier alpha value is -2.24. The first-order chi connectivity index (χ1) is 7.66. The lowest BCUT2D eigenvalue weighted by Gasteiger charge is -2.06. The van der Waals surface area contributed by atoms with Crippen molar-refractivity contribution in [3.8, 4) is 5.88 Å². The lowest BCUT2D eigenvalue weighted by Crippen LogP contribution is -2.11. The zero-order valence-corrected chi connectivity index (χ0v) is 8.54. The minimum absolute atomic E-state index is 0.271. The Morgan fingerprint density at radius 3 is 3.06 bits per heavy atom. The van der Waals surface area contributed by atoms with Gasteiger partial charge in [-0.05, 0) is 13.0 Å². The average Bonchev–Trinajstić information content (AvgIpc) is 2.25. The normalized spacial score (nSPS) is 10.3. The number of pyridine rings is 1. The van der Waals surface area contributed by atoms with Crippen LogP contribution in [0.2, 0.25) is 0 Å². The Bertz CT molecular complexity index is 542. The number of carboxylic acids is 1. The molecule has 82 valence electrons. The summed E-state index contributed by atoms with van der Waals surface area (Å²) in [4.78, 5) is 22.6. The molecule has 1 N–H and O–H groups in total. The van der Waals surface area contributed by atoms with Gasteiger partial charge in [-0.3, -0.25) is 4.98 Å². The molecule has 0 atom stereocenters. The van der Waals surface area contributed by atoms with Gasteiger partial charge in [-0.2, -0.15) is 4.98 Å². The molecule has 0 amide bonds. The minimum atomic E-state index is -1.04. The lowest BCUT2D eigenvalue weighted by atomic mass is 10.3. The predicted octanol–water partition coefficient (Wildman–Crippen LogP) is 0.797. The first-order valence-electron chi connectivity index (χ1n) is 4.60. The second kappa shape index (κ2) is 4.09. The van der Waals surface area contributed by atoms with Crippen LogP contribution in [0, 0.1) is 6.92 Å². The largest absolute Gasteiger partial charge is 0.479 e. The summed E-state index contributed by atoms with van der Waals surface area (Å²) in [5, 5.41) is 9.19. The van der Waals surface area contributed by atoms with Crippen LogP contribution in [0.1, 0.15) is 5.82 Å². The molecule has 0 aliphatic carbocycles. The number of hydrogen-bond acceptors (Lipinski definition) is 5. The molecule has 0 bridgehead atoms. The third-order valence-corrected chi connectivity index (χ3v) is 1.91. The van der Waals surface area contributed by atoms with Gasteiger partial charge in [0, 0.05) is 6.20 Å². The van der Waals surface area contributed by atoms with Crippen LogP contribution >= 0.6 is 0 Å². The molecule has 2 aromatic rings. The Morgan fingerprint density at radius 2 is 2.31 bits per heavy atom. The molecular weight excluding hydrogens is 210 g/mol. The number of hydrogen-bond donors (Lipinski definition) is 1. The van der Waals surface area contributed by atoms with Crippen LogP contribution in [0.5, 0.6) is 5.88 Å². The monoisotopic (exact) mass is 219 g/mol. The van der Waals surface area contributed by atoms with Crippen molar-refractivity contribution in [3.63, 3.8) is 0 Å². The van der Waals surface area contributed by atoms with Gasteiger partial charge in [0.25, 0.3) is 0 Å². The maximum atomic E-state index is 10.4. The predicted molar refractivity (Wildman–Crippen MR) is 55.2 cm³/mol. The van der Waals surface area contributed by atoms with E-state index in [1.165, 1.54) is 0 Å². The molecule has 0 spiro atoms. The second-order valence-electron chi connectivity index (χ2n) is 3.15. The van der Waals surface area contributed by atoms with Crippen molar-refractivity contribution in [3.05, 3.63) is 24.3 Å². The molecule has 2 aromatic heterocycles. The quantitative estimate of drug-likeness (QED) is 0.821. The van der Waals surface area contributed by atoms with Crippen molar-refractivity contribution in [2.45, 2.75) is 6.92 Å². The number of rotatable bonds is 3. The van der Waals surface area contributed by atoms with Gasteiger partial charge in [0.2, 0.25) is 5.88 Å². The number of aliphatic carboxylic acids is 1. The highest BCUT2D eigenvalue weighted by Crippen LogP contribution is 2.20. The van der Waals surface area contributed by atoms with E-state index in [1.807, 2.05) is 0 Å². The third-order valence-electron chi connectivity index (χ3n) is 1.91. The number of carboxylic acid groups (broad SMARTS) is 1. The average molecular weight is 219 g/mol. The Balaban J connectivity index is 2.46. The highest BCUT2D eigenvalue weighted by atomic mass is 16.5. The van der Waals surface area contributed by atoms with Crippen LogP contribution < -0.4 is 4.74 Å². The van der Waals surface area contributed by atoms with E-state index in [1.54, 1.807) is 25.4 Å². The standard InChI is InChI=1S/C10H9N3O3/c1-6-12-8-4-11-3-2-7(8)10(13-6)16-5-9(14)15/h2-4H,5H2,1H3,(H,14,15). The van der Waals surface area contributed by atoms with Crippen molar-refractivity contribution < 1.29 is 14.6 Å². The molecule has 0 unspecified atom stereocenters. The minimum Gasteiger partial charge on any atom is -0.479 e. The van der Waals surface area contributed by atoms with E-state index in [-0.39, 0.29) is 5.88 Å². The maximum Gasteiger partial charge on any atom is 0.341 e. The molecule has 0 aliphatic heterocycles. The molecule has 0 aromatic carbocycles. The third kappa shape index (κ3) is 2.05. The fourth-order valence-electron chi connectivity index (χ4n) is 1.30. The van der Waals surface area contributed by atoms with Crippen molar-refractivity contribution in [2.75, 3.05) is 6.61 Å². The molecule has 0 saturated carbocycles. The van der Waals surface area contributed by atoms with Gasteiger partial charge >= 0.3 is 5.97 Å². The summed E-state index contributed by atoms with van der Waals surface area (Å²) in [5.74, 6) is -0.258. The maximum absolute atomic E-state index is 10.4. The number of ether oxygens (including phenoxy) is 1. The van der Waals surface area contributed by atoms with Crippen LogP contribution in [0.15, 0.2) is 18.5 Å². The first-order valence-corrected chi connectivity index (χ1v) is 4.60. The highest BCUT2D eigenvalue weighted by Gasteiger charge is 2.08. The molecule has 0 fully saturated rings. The van der Waals surface area contributed by atoms with Gasteiger partial charge in [-0.15, -0.1) is 0 Å². The van der Waals surface area contributed by atoms with Crippen molar-refractivity contribution in [2.24, 2.45) is 0 Å². The zero-order chi connectivity index (χ0) is 11.5. The number of nitrogens with zero attached hydrogens (tertiary/aromatic N) is 3. The number of aromatic nitrogens is 3. The molecular formula is C10H9N3O3. The molecule has 0 radical (unpaired) electrons. The lowest BCUT2D eigenvalue weighted by molar-refractivity contribution is -0.139. The van der Waals surface area contributed by atoms with E-state index >= 15 is 0 Å². The van der Waals surface area contributed by atoms with E-state index in [9.17, 15) is 4.79 Å². The molecule has 6 nitrogen and oxygen atoms in total. The summed E-state index contributed by atoms with van der Waals surface area (Å²) in [6.07, 6.45) is 3.16. The highest BCUT2D eigenvalue weighted by molar-refractivity contribution is 5.82. The van der Waals surface area contributed by atoms with E-state index in [0.29, 0.717) is 16.7 Å².